The molecule has 3 N–H and O–H groups in total. The Morgan fingerprint density at radius 2 is 2.07 bits per heavy atom. The van der Waals surface area contributed by atoms with Crippen molar-refractivity contribution in [2.75, 3.05) is 16.4 Å². The van der Waals surface area contributed by atoms with Gasteiger partial charge in [0, 0.05) is 17.9 Å². The summed E-state index contributed by atoms with van der Waals surface area (Å²) in [5, 5.41) is 5.60. The highest BCUT2D eigenvalue weighted by Gasteiger charge is 2.34. The number of nitrogens with one attached hydrogen (secondary N) is 3. The number of nitrogens with zero attached hydrogens (tertiary/aromatic N) is 1. The standard InChI is InChI=1S/C18H19FN4O3S/c1-2-3-8-27-18-22-15-14(17(26)23-18)12(9-13(24)21-15)16(25)20-11-6-4-10(19)5-7-11/h4-7,12H,2-3,8-9H2,1H3,(H,20,25)(H2,21,22,23,24,26). The van der Waals surface area contributed by atoms with Crippen LogP contribution in [0.5, 0.6) is 0 Å². The number of halogens is 1. The van der Waals surface area contributed by atoms with E-state index in [0.29, 0.717) is 10.8 Å². The van der Waals surface area contributed by atoms with Gasteiger partial charge in [-0.25, -0.2) is 9.37 Å². The summed E-state index contributed by atoms with van der Waals surface area (Å²) < 4.78 is 13.0. The number of carbonyl (C=O) groups excluding carboxylic acids is 2. The molecule has 142 valence electrons. The molecule has 0 saturated heterocycles. The van der Waals surface area contributed by atoms with Crippen molar-refractivity contribution in [3.63, 3.8) is 0 Å². The molecule has 0 bridgehead atoms. The molecule has 1 atom stereocenters. The van der Waals surface area contributed by atoms with E-state index >= 15 is 0 Å². The van der Waals surface area contributed by atoms with E-state index in [1.165, 1.54) is 36.0 Å². The van der Waals surface area contributed by atoms with Crippen molar-refractivity contribution in [2.45, 2.75) is 37.3 Å². The van der Waals surface area contributed by atoms with Crippen LogP contribution in [0.15, 0.2) is 34.2 Å². The van der Waals surface area contributed by atoms with Crippen molar-refractivity contribution in [3.8, 4) is 0 Å². The molecule has 0 spiro atoms. The van der Waals surface area contributed by atoms with Crippen molar-refractivity contribution >= 4 is 35.1 Å². The molecule has 1 unspecified atom stereocenters. The van der Waals surface area contributed by atoms with E-state index in [4.69, 9.17) is 0 Å². The Balaban J connectivity index is 1.86. The number of unbranched alkanes of at least 4 members (excludes halogenated alkanes) is 1. The Kier molecular flexibility index (Phi) is 5.90. The molecule has 2 heterocycles. The predicted molar refractivity (Wildman–Crippen MR) is 102 cm³/mol. The van der Waals surface area contributed by atoms with Gasteiger partial charge in [0.1, 0.15) is 11.6 Å². The summed E-state index contributed by atoms with van der Waals surface area (Å²) >= 11 is 1.39. The lowest BCUT2D eigenvalue weighted by molar-refractivity contribution is -0.123. The summed E-state index contributed by atoms with van der Waals surface area (Å²) in [5.41, 5.74) is 0.0670. The lowest BCUT2D eigenvalue weighted by Gasteiger charge is -2.23. The van der Waals surface area contributed by atoms with Gasteiger partial charge in [-0.2, -0.15) is 0 Å². The molecule has 0 aliphatic carbocycles. The average molecular weight is 390 g/mol. The van der Waals surface area contributed by atoms with Gasteiger partial charge < -0.3 is 15.6 Å². The average Bonchev–Trinajstić information content (AvgIpc) is 2.63. The number of aromatic nitrogens is 2. The molecule has 3 rings (SSSR count). The third-order valence-electron chi connectivity index (χ3n) is 4.09. The molecule has 2 amide bonds. The van der Waals surface area contributed by atoms with Crippen LogP contribution in [0, 0.1) is 5.82 Å². The van der Waals surface area contributed by atoms with Crippen LogP contribution >= 0.6 is 11.8 Å². The van der Waals surface area contributed by atoms with Crippen LogP contribution in [0.3, 0.4) is 0 Å². The highest BCUT2D eigenvalue weighted by molar-refractivity contribution is 7.99. The molecule has 1 aliphatic heterocycles. The van der Waals surface area contributed by atoms with Crippen LogP contribution in [0.2, 0.25) is 0 Å². The summed E-state index contributed by atoms with van der Waals surface area (Å²) in [4.78, 5) is 44.2. The number of rotatable bonds is 6. The van der Waals surface area contributed by atoms with E-state index in [2.05, 4.69) is 27.5 Å². The second-order valence-electron chi connectivity index (χ2n) is 6.14. The fourth-order valence-corrected chi connectivity index (χ4v) is 3.67. The highest BCUT2D eigenvalue weighted by atomic mass is 32.2. The molecular weight excluding hydrogens is 371 g/mol. The third-order valence-corrected chi connectivity index (χ3v) is 5.05. The first kappa shape index (κ1) is 19.1. The first-order valence-corrected chi connectivity index (χ1v) is 9.59. The molecule has 9 heteroatoms. The van der Waals surface area contributed by atoms with Crippen LogP contribution < -0.4 is 16.2 Å². The minimum atomic E-state index is -0.968. The lowest BCUT2D eigenvalue weighted by Crippen LogP contribution is -2.36. The number of hydrogen-bond donors (Lipinski definition) is 3. The number of anilines is 2. The van der Waals surface area contributed by atoms with Crippen LogP contribution in [0.4, 0.5) is 15.9 Å². The fourth-order valence-electron chi connectivity index (χ4n) is 2.72. The lowest BCUT2D eigenvalue weighted by atomic mass is 9.92. The first-order valence-electron chi connectivity index (χ1n) is 8.61. The van der Waals surface area contributed by atoms with Gasteiger partial charge in [-0.3, -0.25) is 14.4 Å². The molecule has 0 fully saturated rings. The molecular formula is C18H19FN4O3S. The number of carbonyl (C=O) groups is 2. The number of fused-ring (bicyclic) bond motifs is 1. The van der Waals surface area contributed by atoms with Gasteiger partial charge in [-0.15, -0.1) is 0 Å². The van der Waals surface area contributed by atoms with E-state index in [-0.39, 0.29) is 23.7 Å². The number of thioether (sulfide) groups is 1. The smallest absolute Gasteiger partial charge is 0.257 e. The molecule has 0 saturated carbocycles. The van der Waals surface area contributed by atoms with Gasteiger partial charge in [0.15, 0.2) is 5.16 Å². The number of benzene rings is 1. The van der Waals surface area contributed by atoms with Crippen LogP contribution in [0.1, 0.15) is 37.7 Å². The van der Waals surface area contributed by atoms with E-state index in [1.54, 1.807) is 0 Å². The summed E-state index contributed by atoms with van der Waals surface area (Å²) in [5.74, 6) is -1.39. The summed E-state index contributed by atoms with van der Waals surface area (Å²) in [6.07, 6.45) is 1.83. The molecule has 2 aromatic rings. The van der Waals surface area contributed by atoms with Crippen molar-refractivity contribution in [1.82, 2.24) is 9.97 Å². The predicted octanol–water partition coefficient (Wildman–Crippen LogP) is 2.87. The molecule has 1 aliphatic rings. The topological polar surface area (TPSA) is 104 Å². The normalized spacial score (nSPS) is 15.8. The van der Waals surface area contributed by atoms with Crippen molar-refractivity contribution in [1.29, 1.82) is 0 Å². The SMILES string of the molecule is CCCCSc1nc2c(c(=O)[nH]1)C(C(=O)Nc1ccc(F)cc1)CC(=O)N2. The monoisotopic (exact) mass is 390 g/mol. The second kappa shape index (κ2) is 8.34. The zero-order valence-corrected chi connectivity index (χ0v) is 15.5. The Morgan fingerprint density at radius 3 is 2.78 bits per heavy atom. The highest BCUT2D eigenvalue weighted by Crippen LogP contribution is 2.30. The number of H-pyrrole nitrogens is 1. The van der Waals surface area contributed by atoms with Gasteiger partial charge in [-0.05, 0) is 30.7 Å². The Labute approximate surface area is 159 Å². The van der Waals surface area contributed by atoms with E-state index in [0.717, 1.165) is 18.6 Å². The fraction of sp³-hybridized carbons (Fsp3) is 0.333. The number of hydrogen-bond acceptors (Lipinski definition) is 5. The van der Waals surface area contributed by atoms with Crippen LogP contribution in [0.25, 0.3) is 0 Å². The molecule has 1 aromatic heterocycles. The van der Waals surface area contributed by atoms with Crippen molar-refractivity contribution < 1.29 is 14.0 Å². The molecule has 0 radical (unpaired) electrons. The first-order chi connectivity index (χ1) is 13.0. The Hall–Kier alpha value is -2.68. The zero-order chi connectivity index (χ0) is 19.4. The van der Waals surface area contributed by atoms with Gasteiger partial charge in [0.2, 0.25) is 11.8 Å². The van der Waals surface area contributed by atoms with E-state index in [1.807, 2.05) is 0 Å². The molecule has 27 heavy (non-hydrogen) atoms. The van der Waals surface area contributed by atoms with Gasteiger partial charge in [0.05, 0.1) is 11.5 Å². The maximum Gasteiger partial charge on any atom is 0.257 e. The minimum Gasteiger partial charge on any atom is -0.326 e. The van der Waals surface area contributed by atoms with Gasteiger partial charge in [0.25, 0.3) is 5.56 Å². The van der Waals surface area contributed by atoms with E-state index < -0.39 is 23.2 Å². The number of amides is 2. The summed E-state index contributed by atoms with van der Waals surface area (Å²) in [6, 6.07) is 5.25. The van der Waals surface area contributed by atoms with Gasteiger partial charge in [-0.1, -0.05) is 25.1 Å². The summed E-state index contributed by atoms with van der Waals surface area (Å²) in [7, 11) is 0. The largest absolute Gasteiger partial charge is 0.326 e. The minimum absolute atomic E-state index is 0.119. The quantitative estimate of drug-likeness (QED) is 0.400. The third kappa shape index (κ3) is 4.54. The van der Waals surface area contributed by atoms with Crippen molar-refractivity contribution in [2.24, 2.45) is 0 Å². The van der Waals surface area contributed by atoms with Gasteiger partial charge >= 0.3 is 0 Å². The maximum atomic E-state index is 13.0. The molecule has 1 aromatic carbocycles. The van der Waals surface area contributed by atoms with Crippen LogP contribution in [-0.4, -0.2) is 27.5 Å². The van der Waals surface area contributed by atoms with Crippen LogP contribution in [-0.2, 0) is 9.59 Å². The Bertz CT molecular complexity index is 914. The zero-order valence-electron chi connectivity index (χ0n) is 14.7. The van der Waals surface area contributed by atoms with Crippen molar-refractivity contribution in [3.05, 3.63) is 46.0 Å². The second-order valence-corrected chi connectivity index (χ2v) is 7.22. The Morgan fingerprint density at radius 1 is 1.33 bits per heavy atom. The molecule has 7 nitrogen and oxygen atoms in total. The maximum absolute atomic E-state index is 13.0. The van der Waals surface area contributed by atoms with E-state index in [9.17, 15) is 18.8 Å². The summed E-state index contributed by atoms with van der Waals surface area (Å²) in [6.45, 7) is 2.06. The number of aromatic amines is 1.